The van der Waals surface area contributed by atoms with Gasteiger partial charge < -0.3 is 5.11 Å². The van der Waals surface area contributed by atoms with E-state index in [0.717, 1.165) is 12.8 Å². The quantitative estimate of drug-likeness (QED) is 0.766. The van der Waals surface area contributed by atoms with Crippen LogP contribution >= 0.6 is 11.3 Å². The Hall–Kier alpha value is -0.340. The molecule has 1 N–H and O–H groups in total. The summed E-state index contributed by atoms with van der Waals surface area (Å²) < 4.78 is 0. The lowest BCUT2D eigenvalue weighted by Crippen LogP contribution is -2.25. The fourth-order valence-electron chi connectivity index (χ4n) is 1.16. The zero-order chi connectivity index (χ0) is 9.19. The zero-order valence-corrected chi connectivity index (χ0v) is 8.74. The first-order valence-corrected chi connectivity index (χ1v) is 5.18. The largest absolute Gasteiger partial charge is 0.390 e. The predicted octanol–water partition coefficient (Wildman–Crippen LogP) is 2.76. The van der Waals surface area contributed by atoms with E-state index in [1.807, 2.05) is 13.8 Å². The van der Waals surface area contributed by atoms with E-state index >= 15 is 0 Å². The van der Waals surface area contributed by atoms with Crippen molar-refractivity contribution in [1.29, 1.82) is 0 Å². The molecule has 1 aromatic rings. The van der Waals surface area contributed by atoms with Crippen LogP contribution in [-0.4, -0.2) is 10.7 Å². The molecule has 1 aromatic heterocycles. The monoisotopic (exact) mass is 184 g/mol. The fraction of sp³-hybridized carbons (Fsp3) is 0.600. The Kier molecular flexibility index (Phi) is 2.91. The van der Waals surface area contributed by atoms with Gasteiger partial charge in [-0.2, -0.15) is 0 Å². The SMILES string of the molecule is CCC(C)(O)Cc1csc(C)c1. The minimum atomic E-state index is -0.534. The van der Waals surface area contributed by atoms with Gasteiger partial charge in [0.2, 0.25) is 0 Å². The Morgan fingerprint density at radius 1 is 1.58 bits per heavy atom. The number of aryl methyl sites for hydroxylation is 1. The van der Waals surface area contributed by atoms with Gasteiger partial charge in [-0.3, -0.25) is 0 Å². The second kappa shape index (κ2) is 3.58. The Morgan fingerprint density at radius 2 is 2.25 bits per heavy atom. The molecular formula is C10H16OS. The van der Waals surface area contributed by atoms with Crippen LogP contribution < -0.4 is 0 Å². The molecule has 0 aliphatic carbocycles. The number of rotatable bonds is 3. The summed E-state index contributed by atoms with van der Waals surface area (Å²) >= 11 is 1.74. The van der Waals surface area contributed by atoms with E-state index < -0.39 is 5.60 Å². The van der Waals surface area contributed by atoms with Gasteiger partial charge in [0.1, 0.15) is 0 Å². The van der Waals surface area contributed by atoms with Crippen LogP contribution in [0.5, 0.6) is 0 Å². The summed E-state index contributed by atoms with van der Waals surface area (Å²) in [5.41, 5.74) is 0.720. The van der Waals surface area contributed by atoms with Gasteiger partial charge in [0.25, 0.3) is 0 Å². The standard InChI is InChI=1S/C10H16OS/c1-4-10(3,11)6-9-5-8(2)12-7-9/h5,7,11H,4,6H2,1-3H3. The number of hydrogen-bond donors (Lipinski definition) is 1. The molecule has 1 nitrogen and oxygen atoms in total. The van der Waals surface area contributed by atoms with Crippen LogP contribution in [0.25, 0.3) is 0 Å². The van der Waals surface area contributed by atoms with Crippen LogP contribution in [0, 0.1) is 6.92 Å². The highest BCUT2D eigenvalue weighted by Gasteiger charge is 2.18. The lowest BCUT2D eigenvalue weighted by Gasteiger charge is -2.20. The van der Waals surface area contributed by atoms with Gasteiger partial charge in [0.05, 0.1) is 5.60 Å². The summed E-state index contributed by atoms with van der Waals surface area (Å²) in [6.45, 7) is 5.99. The van der Waals surface area contributed by atoms with E-state index in [2.05, 4.69) is 18.4 Å². The van der Waals surface area contributed by atoms with Crippen molar-refractivity contribution in [3.05, 3.63) is 21.9 Å². The van der Waals surface area contributed by atoms with Gasteiger partial charge in [0, 0.05) is 11.3 Å². The topological polar surface area (TPSA) is 20.2 Å². The summed E-state index contributed by atoms with van der Waals surface area (Å²) in [4.78, 5) is 1.32. The van der Waals surface area contributed by atoms with E-state index in [0.29, 0.717) is 0 Å². The Bertz CT molecular complexity index is 250. The van der Waals surface area contributed by atoms with Crippen molar-refractivity contribution < 1.29 is 5.11 Å². The molecule has 0 aliphatic rings. The number of hydrogen-bond acceptors (Lipinski definition) is 2. The van der Waals surface area contributed by atoms with Crippen molar-refractivity contribution in [3.8, 4) is 0 Å². The van der Waals surface area contributed by atoms with E-state index in [-0.39, 0.29) is 0 Å². The molecule has 0 bridgehead atoms. The van der Waals surface area contributed by atoms with Crippen molar-refractivity contribution in [3.63, 3.8) is 0 Å². The van der Waals surface area contributed by atoms with Crippen LogP contribution in [0.2, 0.25) is 0 Å². The van der Waals surface area contributed by atoms with Crippen LogP contribution in [-0.2, 0) is 6.42 Å². The molecule has 0 saturated heterocycles. The van der Waals surface area contributed by atoms with Gasteiger partial charge in [-0.05, 0) is 37.3 Å². The highest BCUT2D eigenvalue weighted by molar-refractivity contribution is 7.10. The smallest absolute Gasteiger partial charge is 0.0657 e. The molecule has 1 atom stereocenters. The Balaban J connectivity index is 2.63. The van der Waals surface area contributed by atoms with E-state index in [1.165, 1.54) is 10.4 Å². The van der Waals surface area contributed by atoms with Crippen molar-refractivity contribution in [2.24, 2.45) is 0 Å². The maximum absolute atomic E-state index is 9.79. The van der Waals surface area contributed by atoms with Gasteiger partial charge in [-0.25, -0.2) is 0 Å². The second-order valence-electron chi connectivity index (χ2n) is 3.59. The molecule has 0 aromatic carbocycles. The highest BCUT2D eigenvalue weighted by Crippen LogP contribution is 2.20. The lowest BCUT2D eigenvalue weighted by molar-refractivity contribution is 0.0565. The van der Waals surface area contributed by atoms with Crippen LogP contribution in [0.15, 0.2) is 11.4 Å². The molecule has 0 saturated carbocycles. The van der Waals surface area contributed by atoms with E-state index in [4.69, 9.17) is 0 Å². The third-order valence-corrected chi connectivity index (χ3v) is 3.04. The molecule has 1 unspecified atom stereocenters. The van der Waals surface area contributed by atoms with Gasteiger partial charge in [-0.15, -0.1) is 11.3 Å². The molecule has 0 fully saturated rings. The Morgan fingerprint density at radius 3 is 2.67 bits per heavy atom. The molecule has 1 heterocycles. The lowest BCUT2D eigenvalue weighted by atomic mass is 9.96. The predicted molar refractivity (Wildman–Crippen MR) is 53.7 cm³/mol. The van der Waals surface area contributed by atoms with Gasteiger partial charge in [0.15, 0.2) is 0 Å². The maximum atomic E-state index is 9.79. The first-order valence-electron chi connectivity index (χ1n) is 4.30. The Labute approximate surface area is 78.1 Å². The normalized spacial score (nSPS) is 16.0. The summed E-state index contributed by atoms with van der Waals surface area (Å²) in [6.07, 6.45) is 1.58. The molecule has 2 heteroatoms. The minimum absolute atomic E-state index is 0.534. The fourth-order valence-corrected chi connectivity index (χ4v) is 1.86. The first-order chi connectivity index (χ1) is 5.53. The third kappa shape index (κ3) is 2.61. The average Bonchev–Trinajstić information content (AvgIpc) is 2.35. The molecular weight excluding hydrogens is 168 g/mol. The van der Waals surface area contributed by atoms with Crippen molar-refractivity contribution in [2.45, 2.75) is 39.2 Å². The van der Waals surface area contributed by atoms with E-state index in [1.54, 1.807) is 11.3 Å². The number of thiophene rings is 1. The average molecular weight is 184 g/mol. The zero-order valence-electron chi connectivity index (χ0n) is 7.92. The highest BCUT2D eigenvalue weighted by atomic mass is 32.1. The molecule has 0 radical (unpaired) electrons. The summed E-state index contributed by atoms with van der Waals surface area (Å²) in [6, 6.07) is 2.15. The molecule has 12 heavy (non-hydrogen) atoms. The summed E-state index contributed by atoms with van der Waals surface area (Å²) in [7, 11) is 0. The van der Waals surface area contributed by atoms with Crippen LogP contribution in [0.3, 0.4) is 0 Å². The second-order valence-corrected chi connectivity index (χ2v) is 4.71. The van der Waals surface area contributed by atoms with Crippen molar-refractivity contribution in [2.75, 3.05) is 0 Å². The molecule has 0 amide bonds. The van der Waals surface area contributed by atoms with E-state index in [9.17, 15) is 5.11 Å². The van der Waals surface area contributed by atoms with Gasteiger partial charge >= 0.3 is 0 Å². The molecule has 0 spiro atoms. The third-order valence-electron chi connectivity index (χ3n) is 2.13. The molecule has 1 rings (SSSR count). The first kappa shape index (κ1) is 9.75. The summed E-state index contributed by atoms with van der Waals surface area (Å²) in [5.74, 6) is 0. The molecule has 68 valence electrons. The minimum Gasteiger partial charge on any atom is -0.390 e. The van der Waals surface area contributed by atoms with Crippen LogP contribution in [0.4, 0.5) is 0 Å². The maximum Gasteiger partial charge on any atom is 0.0657 e. The van der Waals surface area contributed by atoms with Crippen LogP contribution in [0.1, 0.15) is 30.7 Å². The number of aliphatic hydroxyl groups is 1. The molecule has 0 aliphatic heterocycles. The van der Waals surface area contributed by atoms with Gasteiger partial charge in [-0.1, -0.05) is 6.92 Å². The summed E-state index contributed by atoms with van der Waals surface area (Å²) in [5, 5.41) is 11.9. The van der Waals surface area contributed by atoms with Crippen molar-refractivity contribution in [1.82, 2.24) is 0 Å². The van der Waals surface area contributed by atoms with Crippen molar-refractivity contribution >= 4 is 11.3 Å².